The van der Waals surface area contributed by atoms with Crippen LogP contribution in [0.25, 0.3) is 0 Å². The lowest BCUT2D eigenvalue weighted by molar-refractivity contribution is -0.310. The third-order valence-electron chi connectivity index (χ3n) is 11.4. The van der Waals surface area contributed by atoms with Gasteiger partial charge in [-0.1, -0.05) is 13.8 Å². The molecular formula is C26H45NO6. The molecule has 7 heteroatoms. The summed E-state index contributed by atoms with van der Waals surface area (Å²) in [5.74, 6) is 1.83. The molecule has 0 bridgehead atoms. The lowest BCUT2D eigenvalue weighted by Gasteiger charge is -2.63. The predicted molar refractivity (Wildman–Crippen MR) is 123 cm³/mol. The first-order valence-electron chi connectivity index (χ1n) is 13.3. The van der Waals surface area contributed by atoms with Gasteiger partial charge < -0.3 is 35.6 Å². The molecule has 7 nitrogen and oxygen atoms in total. The van der Waals surface area contributed by atoms with Crippen molar-refractivity contribution in [2.24, 2.45) is 40.2 Å². The Labute approximate surface area is 198 Å². The first kappa shape index (κ1) is 24.4. The molecule has 13 atom stereocenters. The molecular weight excluding hydrogens is 422 g/mol. The summed E-state index contributed by atoms with van der Waals surface area (Å²) in [7, 11) is 0. The fraction of sp³-hybridized carbons (Fsp3) is 1.00. The van der Waals surface area contributed by atoms with Crippen LogP contribution >= 0.6 is 0 Å². The number of aliphatic hydroxyl groups excluding tert-OH is 3. The van der Waals surface area contributed by atoms with E-state index in [0.29, 0.717) is 30.2 Å². The summed E-state index contributed by atoms with van der Waals surface area (Å²) in [6.07, 6.45) is 4.03. The second kappa shape index (κ2) is 8.39. The molecule has 0 unspecified atom stereocenters. The van der Waals surface area contributed by atoms with E-state index >= 15 is 0 Å². The SMILES string of the molecule is C[C@@H]1O[C@H](O[C@H]2CC[C@@]3(C)[C@H](CC[C@@H]4[C@@H]3CC[C@]3(C)[C@@H](CN)CC[C@]43O)C2)[C@H](O)[C@H](O)[C@H]1O. The fourth-order valence-corrected chi connectivity index (χ4v) is 9.11. The van der Waals surface area contributed by atoms with Crippen LogP contribution in [-0.4, -0.2) is 69.4 Å². The molecule has 1 heterocycles. The summed E-state index contributed by atoms with van der Waals surface area (Å²) < 4.78 is 11.9. The number of nitrogens with two attached hydrogens (primary N) is 1. The number of ether oxygens (including phenoxy) is 2. The molecule has 5 fully saturated rings. The molecule has 5 aliphatic rings. The van der Waals surface area contributed by atoms with Gasteiger partial charge in [-0.05, 0) is 100 Å². The van der Waals surface area contributed by atoms with Crippen LogP contribution in [0, 0.1) is 34.5 Å². The van der Waals surface area contributed by atoms with Crippen molar-refractivity contribution in [1.82, 2.24) is 0 Å². The smallest absolute Gasteiger partial charge is 0.186 e. The standard InChI is InChI=1S/C26H45NO6/c1-14-20(28)21(29)22(30)23(32-14)33-17-7-9-24(2)15(12-17)4-5-19-18(24)8-10-25(3)16(13-27)6-11-26(19,25)31/h14-23,28-31H,4-13,27H2,1-3H3/t14-,15+,16+,17-,18-,19+,20-,21+,22+,23+,24-,25+,26-/m0/s1. The summed E-state index contributed by atoms with van der Waals surface area (Å²) in [6.45, 7) is 7.11. The van der Waals surface area contributed by atoms with Crippen LogP contribution in [0.5, 0.6) is 0 Å². The third kappa shape index (κ3) is 3.48. The van der Waals surface area contributed by atoms with E-state index < -0.39 is 36.3 Å². The van der Waals surface area contributed by atoms with Gasteiger partial charge in [0.15, 0.2) is 6.29 Å². The second-order valence-corrected chi connectivity index (χ2v) is 12.6. The Bertz CT molecular complexity index is 738. The normalized spacial score (nSPS) is 58.9. The number of hydrogen-bond acceptors (Lipinski definition) is 7. The van der Waals surface area contributed by atoms with E-state index in [1.54, 1.807) is 6.92 Å². The van der Waals surface area contributed by atoms with Gasteiger partial charge in [-0.25, -0.2) is 0 Å². The van der Waals surface area contributed by atoms with Crippen molar-refractivity contribution in [2.75, 3.05) is 6.54 Å². The molecule has 0 radical (unpaired) electrons. The summed E-state index contributed by atoms with van der Waals surface area (Å²) >= 11 is 0. The second-order valence-electron chi connectivity index (χ2n) is 12.6. The number of hydrogen-bond donors (Lipinski definition) is 5. The summed E-state index contributed by atoms with van der Waals surface area (Å²) in [5.41, 5.74) is 5.68. The molecule has 4 saturated carbocycles. The maximum Gasteiger partial charge on any atom is 0.186 e. The van der Waals surface area contributed by atoms with Crippen LogP contribution in [0.1, 0.15) is 78.6 Å². The maximum atomic E-state index is 12.1. The van der Waals surface area contributed by atoms with Crippen LogP contribution in [0.3, 0.4) is 0 Å². The van der Waals surface area contributed by atoms with E-state index in [0.717, 1.165) is 51.4 Å². The Balaban J connectivity index is 1.28. The molecule has 1 saturated heterocycles. The monoisotopic (exact) mass is 467 g/mol. The van der Waals surface area contributed by atoms with Gasteiger partial charge in [0.2, 0.25) is 0 Å². The van der Waals surface area contributed by atoms with Crippen LogP contribution in [0.4, 0.5) is 0 Å². The van der Waals surface area contributed by atoms with Crippen molar-refractivity contribution < 1.29 is 29.9 Å². The molecule has 0 aromatic rings. The lowest BCUT2D eigenvalue weighted by atomic mass is 9.43. The molecule has 0 aromatic carbocycles. The van der Waals surface area contributed by atoms with Crippen LogP contribution in [-0.2, 0) is 9.47 Å². The zero-order valence-electron chi connectivity index (χ0n) is 20.5. The Kier molecular flexibility index (Phi) is 6.21. The van der Waals surface area contributed by atoms with E-state index in [1.165, 1.54) is 6.42 Å². The van der Waals surface area contributed by atoms with Gasteiger partial charge in [0, 0.05) is 5.41 Å². The van der Waals surface area contributed by atoms with E-state index in [4.69, 9.17) is 15.2 Å². The van der Waals surface area contributed by atoms with Crippen molar-refractivity contribution in [3.8, 4) is 0 Å². The Morgan fingerprint density at radius 2 is 1.67 bits per heavy atom. The highest BCUT2D eigenvalue weighted by Crippen LogP contribution is 2.68. The highest BCUT2D eigenvalue weighted by molar-refractivity contribution is 5.17. The zero-order valence-corrected chi connectivity index (χ0v) is 20.5. The largest absolute Gasteiger partial charge is 0.389 e. The van der Waals surface area contributed by atoms with Gasteiger partial charge in [0.25, 0.3) is 0 Å². The minimum absolute atomic E-state index is 0.0287. The molecule has 4 aliphatic carbocycles. The molecule has 0 amide bonds. The van der Waals surface area contributed by atoms with Crippen molar-refractivity contribution in [2.45, 2.75) is 121 Å². The van der Waals surface area contributed by atoms with Crippen LogP contribution in [0.2, 0.25) is 0 Å². The van der Waals surface area contributed by atoms with E-state index in [1.807, 2.05) is 0 Å². The Morgan fingerprint density at radius 1 is 0.909 bits per heavy atom. The highest BCUT2D eigenvalue weighted by Gasteiger charge is 2.67. The van der Waals surface area contributed by atoms with E-state index in [-0.39, 0.29) is 16.9 Å². The van der Waals surface area contributed by atoms with Crippen LogP contribution in [0.15, 0.2) is 0 Å². The highest BCUT2D eigenvalue weighted by atomic mass is 16.7. The summed E-state index contributed by atoms with van der Waals surface area (Å²) in [5, 5.41) is 42.5. The summed E-state index contributed by atoms with van der Waals surface area (Å²) in [6, 6.07) is 0. The van der Waals surface area contributed by atoms with Gasteiger partial charge >= 0.3 is 0 Å². The van der Waals surface area contributed by atoms with Gasteiger partial charge in [0.1, 0.15) is 18.3 Å². The number of fused-ring (bicyclic) bond motifs is 5. The molecule has 0 spiro atoms. The van der Waals surface area contributed by atoms with Gasteiger partial charge in [-0.2, -0.15) is 0 Å². The van der Waals surface area contributed by atoms with Gasteiger partial charge in [0.05, 0.1) is 17.8 Å². The maximum absolute atomic E-state index is 12.1. The molecule has 6 N–H and O–H groups in total. The average molecular weight is 468 g/mol. The third-order valence-corrected chi connectivity index (χ3v) is 11.4. The first-order valence-corrected chi connectivity index (χ1v) is 13.3. The molecule has 0 aromatic heterocycles. The molecule has 5 rings (SSSR count). The van der Waals surface area contributed by atoms with E-state index in [9.17, 15) is 20.4 Å². The number of aliphatic hydroxyl groups is 4. The number of rotatable bonds is 3. The Hall–Kier alpha value is -0.280. The minimum Gasteiger partial charge on any atom is -0.389 e. The Morgan fingerprint density at radius 3 is 2.39 bits per heavy atom. The molecule has 190 valence electrons. The van der Waals surface area contributed by atoms with E-state index in [2.05, 4.69) is 13.8 Å². The molecule has 33 heavy (non-hydrogen) atoms. The van der Waals surface area contributed by atoms with Crippen molar-refractivity contribution in [3.63, 3.8) is 0 Å². The van der Waals surface area contributed by atoms with Crippen LogP contribution < -0.4 is 5.73 Å². The molecule has 1 aliphatic heterocycles. The average Bonchev–Trinajstić information content (AvgIpc) is 3.06. The van der Waals surface area contributed by atoms with Crippen molar-refractivity contribution in [3.05, 3.63) is 0 Å². The minimum atomic E-state index is -1.26. The fourth-order valence-electron chi connectivity index (χ4n) is 9.11. The zero-order chi connectivity index (χ0) is 23.8. The predicted octanol–water partition coefficient (Wildman–Crippen LogP) is 1.93. The topological polar surface area (TPSA) is 125 Å². The lowest BCUT2D eigenvalue weighted by Crippen LogP contribution is -2.63. The van der Waals surface area contributed by atoms with Crippen molar-refractivity contribution in [1.29, 1.82) is 0 Å². The first-order chi connectivity index (χ1) is 15.5. The van der Waals surface area contributed by atoms with Gasteiger partial charge in [-0.3, -0.25) is 0 Å². The quantitative estimate of drug-likeness (QED) is 0.402. The van der Waals surface area contributed by atoms with Crippen molar-refractivity contribution >= 4 is 0 Å². The summed E-state index contributed by atoms with van der Waals surface area (Å²) in [4.78, 5) is 0. The van der Waals surface area contributed by atoms with Gasteiger partial charge in [-0.15, -0.1) is 0 Å².